The lowest BCUT2D eigenvalue weighted by Gasteiger charge is -2.11. The van der Waals surface area contributed by atoms with Crippen LogP contribution in [-0.4, -0.2) is 16.1 Å². The average molecular weight is 396 g/mol. The highest BCUT2D eigenvalue weighted by atomic mass is 16.4. The average Bonchev–Trinajstić information content (AvgIpc) is 2.73. The summed E-state index contributed by atoms with van der Waals surface area (Å²) in [6.07, 6.45) is 13.8. The van der Waals surface area contributed by atoms with Crippen LogP contribution in [0.25, 0.3) is 11.1 Å². The number of benzene rings is 1. The predicted molar refractivity (Wildman–Crippen MR) is 121 cm³/mol. The maximum absolute atomic E-state index is 11.7. The molecule has 2 aromatic rings. The molecule has 1 heterocycles. The Morgan fingerprint density at radius 1 is 0.966 bits per heavy atom. The number of carboxylic acid groups (broad SMARTS) is 1. The fraction of sp³-hybridized carbons (Fsp3) is 0.538. The van der Waals surface area contributed by atoms with E-state index in [1.807, 2.05) is 18.2 Å². The lowest BCUT2D eigenvalue weighted by atomic mass is 9.95. The molecule has 3 heteroatoms. The summed E-state index contributed by atoms with van der Waals surface area (Å²) in [6.45, 7) is 6.71. The third kappa shape index (κ3) is 7.64. The smallest absolute Gasteiger partial charge is 0.355 e. The van der Waals surface area contributed by atoms with Gasteiger partial charge in [-0.3, -0.25) is 0 Å². The second-order valence-electron chi connectivity index (χ2n) is 8.33. The van der Waals surface area contributed by atoms with Gasteiger partial charge in [-0.25, -0.2) is 9.78 Å². The van der Waals surface area contributed by atoms with Crippen LogP contribution in [0.5, 0.6) is 0 Å². The first-order valence-corrected chi connectivity index (χ1v) is 11.4. The molecule has 1 N–H and O–H groups in total. The zero-order valence-corrected chi connectivity index (χ0v) is 18.4. The van der Waals surface area contributed by atoms with E-state index in [1.54, 1.807) is 6.20 Å². The summed E-state index contributed by atoms with van der Waals surface area (Å²) in [6, 6.07) is 10.3. The fourth-order valence-corrected chi connectivity index (χ4v) is 3.69. The third-order valence-corrected chi connectivity index (χ3v) is 5.76. The quantitative estimate of drug-likeness (QED) is 0.361. The molecule has 0 saturated carbocycles. The Labute approximate surface area is 176 Å². The number of carboxylic acids is 1. The Hall–Kier alpha value is -2.16. The maximum Gasteiger partial charge on any atom is 0.355 e. The van der Waals surface area contributed by atoms with Crippen LogP contribution in [0.15, 0.2) is 36.5 Å². The second-order valence-corrected chi connectivity index (χ2v) is 8.33. The molecule has 0 bridgehead atoms. The number of aromatic carboxylic acids is 1. The van der Waals surface area contributed by atoms with Gasteiger partial charge in [-0.15, -0.1) is 0 Å². The van der Waals surface area contributed by atoms with E-state index in [2.05, 4.69) is 37.9 Å². The Morgan fingerprint density at radius 2 is 1.62 bits per heavy atom. The molecule has 0 saturated heterocycles. The van der Waals surface area contributed by atoms with Crippen molar-refractivity contribution in [2.75, 3.05) is 0 Å². The lowest BCUT2D eigenvalue weighted by molar-refractivity contribution is 0.0691. The van der Waals surface area contributed by atoms with E-state index in [0.29, 0.717) is 5.92 Å². The van der Waals surface area contributed by atoms with Crippen LogP contribution in [0.2, 0.25) is 0 Å². The molecule has 1 aromatic carbocycles. The number of aromatic nitrogens is 1. The Bertz CT molecular complexity index is 752. The molecule has 0 aliphatic carbocycles. The van der Waals surface area contributed by atoms with Crippen molar-refractivity contribution < 1.29 is 9.90 Å². The molecule has 0 unspecified atom stereocenters. The molecule has 0 fully saturated rings. The van der Waals surface area contributed by atoms with E-state index in [-0.39, 0.29) is 5.69 Å². The van der Waals surface area contributed by atoms with Crippen molar-refractivity contribution in [1.29, 1.82) is 0 Å². The van der Waals surface area contributed by atoms with Gasteiger partial charge in [-0.05, 0) is 47.9 Å². The van der Waals surface area contributed by atoms with Crippen LogP contribution in [0.1, 0.15) is 93.8 Å². The number of nitrogens with zero attached hydrogens (tertiary/aromatic N) is 1. The van der Waals surface area contributed by atoms with Gasteiger partial charge in [0.15, 0.2) is 5.69 Å². The Morgan fingerprint density at radius 3 is 2.24 bits per heavy atom. The summed E-state index contributed by atoms with van der Waals surface area (Å²) in [7, 11) is 0. The third-order valence-electron chi connectivity index (χ3n) is 5.76. The minimum atomic E-state index is -0.967. The summed E-state index contributed by atoms with van der Waals surface area (Å²) in [5, 5.41) is 9.58. The van der Waals surface area contributed by atoms with Crippen molar-refractivity contribution in [1.82, 2.24) is 4.98 Å². The Balaban J connectivity index is 2.05. The van der Waals surface area contributed by atoms with Crippen molar-refractivity contribution in [2.45, 2.75) is 85.0 Å². The minimum absolute atomic E-state index is 0.142. The summed E-state index contributed by atoms with van der Waals surface area (Å²) in [5.41, 5.74) is 4.23. The van der Waals surface area contributed by atoms with Crippen LogP contribution < -0.4 is 0 Å². The first-order chi connectivity index (χ1) is 14.0. The molecule has 0 radical (unpaired) electrons. The first kappa shape index (κ1) is 23.1. The largest absolute Gasteiger partial charge is 0.476 e. The molecule has 0 amide bonds. The topological polar surface area (TPSA) is 50.2 Å². The Kier molecular flexibility index (Phi) is 9.90. The molecule has 0 spiro atoms. The molecule has 0 aliphatic rings. The number of hydrogen-bond acceptors (Lipinski definition) is 2. The molecule has 2 rings (SSSR count). The fourth-order valence-electron chi connectivity index (χ4n) is 3.69. The van der Waals surface area contributed by atoms with Crippen molar-refractivity contribution in [3.05, 3.63) is 53.3 Å². The lowest BCUT2D eigenvalue weighted by Crippen LogP contribution is -2.05. The van der Waals surface area contributed by atoms with Crippen LogP contribution in [0.3, 0.4) is 0 Å². The highest BCUT2D eigenvalue weighted by Gasteiger charge is 2.14. The van der Waals surface area contributed by atoms with E-state index in [9.17, 15) is 9.90 Å². The minimum Gasteiger partial charge on any atom is -0.476 e. The van der Waals surface area contributed by atoms with Crippen molar-refractivity contribution in [3.8, 4) is 11.1 Å². The van der Waals surface area contributed by atoms with Crippen LogP contribution in [-0.2, 0) is 12.8 Å². The number of hydrogen-bond donors (Lipinski definition) is 1. The van der Waals surface area contributed by atoms with E-state index in [1.165, 1.54) is 44.1 Å². The van der Waals surface area contributed by atoms with Gasteiger partial charge in [0.05, 0.1) is 0 Å². The van der Waals surface area contributed by atoms with E-state index in [4.69, 9.17) is 0 Å². The number of unbranched alkanes of at least 4 members (excludes halogenated alkanes) is 6. The van der Waals surface area contributed by atoms with E-state index in [0.717, 1.165) is 42.4 Å². The number of aryl methyl sites for hydroxylation is 1. The molecular formula is C26H37NO2. The first-order valence-electron chi connectivity index (χ1n) is 11.4. The van der Waals surface area contributed by atoms with Crippen molar-refractivity contribution in [2.24, 2.45) is 5.92 Å². The predicted octanol–water partition coefficient (Wildman–Crippen LogP) is 7.33. The van der Waals surface area contributed by atoms with Gasteiger partial charge in [0.2, 0.25) is 0 Å². The maximum atomic E-state index is 11.7. The SMILES string of the molecule is CCCCCCCCCc1cnc(C(=O)O)c(-c2ccc(C[C@@H](C)CC)cc2)c1. The van der Waals surface area contributed by atoms with E-state index < -0.39 is 5.97 Å². The number of rotatable bonds is 13. The van der Waals surface area contributed by atoms with Gasteiger partial charge in [0, 0.05) is 11.8 Å². The summed E-state index contributed by atoms with van der Waals surface area (Å²) in [4.78, 5) is 16.0. The normalized spacial score (nSPS) is 12.1. The molecule has 158 valence electrons. The zero-order chi connectivity index (χ0) is 21.1. The monoisotopic (exact) mass is 395 g/mol. The van der Waals surface area contributed by atoms with Crippen LogP contribution in [0.4, 0.5) is 0 Å². The molecule has 0 aliphatic heterocycles. The van der Waals surface area contributed by atoms with Gasteiger partial charge >= 0.3 is 5.97 Å². The molecule has 1 aromatic heterocycles. The van der Waals surface area contributed by atoms with Gasteiger partial charge in [-0.2, -0.15) is 0 Å². The molecule has 3 nitrogen and oxygen atoms in total. The van der Waals surface area contributed by atoms with Crippen LogP contribution >= 0.6 is 0 Å². The summed E-state index contributed by atoms with van der Waals surface area (Å²) >= 11 is 0. The van der Waals surface area contributed by atoms with Crippen molar-refractivity contribution in [3.63, 3.8) is 0 Å². The van der Waals surface area contributed by atoms with Gasteiger partial charge in [0.1, 0.15) is 0 Å². The molecular weight excluding hydrogens is 358 g/mol. The molecule has 29 heavy (non-hydrogen) atoms. The highest BCUT2D eigenvalue weighted by Crippen LogP contribution is 2.26. The van der Waals surface area contributed by atoms with Crippen molar-refractivity contribution >= 4 is 5.97 Å². The van der Waals surface area contributed by atoms with Gasteiger partial charge in [-0.1, -0.05) is 90.0 Å². The zero-order valence-electron chi connectivity index (χ0n) is 18.4. The van der Waals surface area contributed by atoms with Crippen LogP contribution in [0, 0.1) is 5.92 Å². The van der Waals surface area contributed by atoms with Gasteiger partial charge < -0.3 is 5.11 Å². The highest BCUT2D eigenvalue weighted by molar-refractivity contribution is 5.94. The van der Waals surface area contributed by atoms with E-state index >= 15 is 0 Å². The number of pyridine rings is 1. The standard InChI is InChI=1S/C26H37NO2/c1-4-6-7-8-9-10-11-12-22-18-24(25(26(28)29)27-19-22)23-15-13-21(14-16-23)17-20(3)5-2/h13-16,18-20H,4-12,17H2,1-3H3,(H,28,29)/t20-/m0/s1. The summed E-state index contributed by atoms with van der Waals surface area (Å²) < 4.78 is 0. The summed E-state index contributed by atoms with van der Waals surface area (Å²) in [5.74, 6) is -0.312. The van der Waals surface area contributed by atoms with Gasteiger partial charge in [0.25, 0.3) is 0 Å². The number of carbonyl (C=O) groups is 1. The molecule has 1 atom stereocenters. The second kappa shape index (κ2) is 12.4.